The predicted molar refractivity (Wildman–Crippen MR) is 70.3 cm³/mol. The van der Waals surface area contributed by atoms with Gasteiger partial charge in [-0.05, 0) is 11.4 Å². The molecular formula is C12H17N3O2S. The molecule has 0 amide bonds. The Morgan fingerprint density at radius 1 is 1.50 bits per heavy atom. The maximum absolute atomic E-state index is 5.42. The summed E-state index contributed by atoms with van der Waals surface area (Å²) >= 11 is 1.67. The Bertz CT molecular complexity index is 456. The lowest BCUT2D eigenvalue weighted by Crippen LogP contribution is -2.26. The van der Waals surface area contributed by atoms with Gasteiger partial charge >= 0.3 is 0 Å². The molecule has 1 atom stereocenters. The molecule has 98 valence electrons. The predicted octanol–water partition coefficient (Wildman–Crippen LogP) is 1.74. The Morgan fingerprint density at radius 2 is 2.39 bits per heavy atom. The van der Waals surface area contributed by atoms with E-state index in [-0.39, 0.29) is 6.04 Å². The number of imidazole rings is 1. The zero-order chi connectivity index (χ0) is 12.8. The smallest absolute Gasteiger partial charge is 0.133 e. The molecule has 0 aliphatic heterocycles. The summed E-state index contributed by atoms with van der Waals surface area (Å²) in [6.45, 7) is 1.06. The fourth-order valence-electron chi connectivity index (χ4n) is 1.62. The molecule has 2 aromatic heterocycles. The number of hydrogen-bond donors (Lipinski definition) is 1. The largest absolute Gasteiger partial charge is 0.382 e. The molecule has 2 rings (SSSR count). The summed E-state index contributed by atoms with van der Waals surface area (Å²) in [7, 11) is 3.62. The third kappa shape index (κ3) is 3.17. The van der Waals surface area contributed by atoms with Crippen LogP contribution in [0.2, 0.25) is 0 Å². The van der Waals surface area contributed by atoms with Crippen LogP contribution in [-0.4, -0.2) is 29.9 Å². The first-order chi connectivity index (χ1) is 8.83. The summed E-state index contributed by atoms with van der Waals surface area (Å²) in [6.07, 6.45) is 3.71. The van der Waals surface area contributed by atoms with Crippen LogP contribution in [0.25, 0.3) is 0 Å². The van der Waals surface area contributed by atoms with Crippen molar-refractivity contribution in [2.45, 2.75) is 6.04 Å². The number of hydroxylamine groups is 1. The molecule has 0 saturated heterocycles. The van der Waals surface area contributed by atoms with E-state index in [2.05, 4.69) is 16.5 Å². The molecule has 0 spiro atoms. The summed E-state index contributed by atoms with van der Waals surface area (Å²) in [5.41, 5.74) is 3.05. The first-order valence-electron chi connectivity index (χ1n) is 5.70. The topological polar surface area (TPSA) is 48.3 Å². The van der Waals surface area contributed by atoms with Crippen molar-refractivity contribution in [3.05, 3.63) is 40.6 Å². The number of nitrogens with zero attached hydrogens (tertiary/aromatic N) is 2. The van der Waals surface area contributed by atoms with Crippen LogP contribution in [0.1, 0.15) is 16.7 Å². The van der Waals surface area contributed by atoms with Crippen molar-refractivity contribution in [3.8, 4) is 0 Å². The molecule has 0 aliphatic rings. The van der Waals surface area contributed by atoms with E-state index >= 15 is 0 Å². The minimum Gasteiger partial charge on any atom is -0.382 e. The van der Waals surface area contributed by atoms with Crippen LogP contribution in [-0.2, 0) is 16.6 Å². The van der Waals surface area contributed by atoms with Crippen molar-refractivity contribution < 1.29 is 9.57 Å². The van der Waals surface area contributed by atoms with Gasteiger partial charge in [-0.15, -0.1) is 11.3 Å². The van der Waals surface area contributed by atoms with Gasteiger partial charge in [0.1, 0.15) is 11.9 Å². The molecule has 0 aliphatic carbocycles. The fourth-order valence-corrected chi connectivity index (χ4v) is 2.38. The van der Waals surface area contributed by atoms with Crippen molar-refractivity contribution >= 4 is 11.3 Å². The zero-order valence-electron chi connectivity index (χ0n) is 10.5. The Morgan fingerprint density at radius 3 is 3.00 bits per heavy atom. The van der Waals surface area contributed by atoms with Gasteiger partial charge in [-0.25, -0.2) is 4.98 Å². The molecule has 18 heavy (non-hydrogen) atoms. The van der Waals surface area contributed by atoms with E-state index in [4.69, 9.17) is 9.57 Å². The highest BCUT2D eigenvalue weighted by Gasteiger charge is 2.19. The second-order valence-corrected chi connectivity index (χ2v) is 4.78. The van der Waals surface area contributed by atoms with Gasteiger partial charge in [0.05, 0.1) is 13.2 Å². The van der Waals surface area contributed by atoms with Crippen LogP contribution in [0.3, 0.4) is 0 Å². The van der Waals surface area contributed by atoms with Gasteiger partial charge < -0.3 is 9.30 Å². The number of thiophene rings is 1. The maximum Gasteiger partial charge on any atom is 0.133 e. The number of aromatic nitrogens is 2. The number of nitrogens with one attached hydrogen (secondary N) is 1. The minimum absolute atomic E-state index is 0.0538. The summed E-state index contributed by atoms with van der Waals surface area (Å²) in [6, 6.07) is 4.03. The number of aryl methyl sites for hydroxylation is 1. The summed E-state index contributed by atoms with van der Waals surface area (Å²) in [5.74, 6) is 0.926. The van der Waals surface area contributed by atoms with Crippen LogP contribution in [0.5, 0.6) is 0 Å². The Balaban J connectivity index is 2.07. The fraction of sp³-hybridized carbons (Fsp3) is 0.417. The summed E-state index contributed by atoms with van der Waals surface area (Å²) in [4.78, 5) is 11.0. The molecule has 5 nitrogen and oxygen atoms in total. The molecular weight excluding hydrogens is 250 g/mol. The van der Waals surface area contributed by atoms with E-state index in [0.29, 0.717) is 13.2 Å². The molecule has 6 heteroatoms. The molecule has 0 bridgehead atoms. The van der Waals surface area contributed by atoms with E-state index < -0.39 is 0 Å². The third-order valence-corrected chi connectivity index (χ3v) is 3.47. The van der Waals surface area contributed by atoms with Gasteiger partial charge in [0.25, 0.3) is 0 Å². The number of ether oxygens (including phenoxy) is 1. The standard InChI is InChI=1S/C12H17N3O2S/c1-15-6-5-13-12(15)11(10-4-3-9-18-10)14-17-8-7-16-2/h3-6,9,11,14H,7-8H2,1-2H3. The lowest BCUT2D eigenvalue weighted by Gasteiger charge is -2.16. The van der Waals surface area contributed by atoms with Crippen molar-refractivity contribution in [1.82, 2.24) is 15.0 Å². The van der Waals surface area contributed by atoms with E-state index in [9.17, 15) is 0 Å². The Kier molecular flexibility index (Phi) is 4.89. The maximum atomic E-state index is 5.42. The van der Waals surface area contributed by atoms with E-state index in [0.717, 1.165) is 5.82 Å². The molecule has 1 N–H and O–H groups in total. The summed E-state index contributed by atoms with van der Waals surface area (Å²) in [5, 5.41) is 2.04. The van der Waals surface area contributed by atoms with Crippen LogP contribution in [0, 0.1) is 0 Å². The average Bonchev–Trinajstić information content (AvgIpc) is 3.01. The lowest BCUT2D eigenvalue weighted by molar-refractivity contribution is -0.00680. The van der Waals surface area contributed by atoms with Crippen LogP contribution in [0.15, 0.2) is 29.9 Å². The number of methoxy groups -OCH3 is 1. The molecule has 0 fully saturated rings. The van der Waals surface area contributed by atoms with Gasteiger partial charge in [0.15, 0.2) is 0 Å². The first kappa shape index (κ1) is 13.2. The molecule has 1 unspecified atom stereocenters. The molecule has 0 saturated carbocycles. The number of rotatable bonds is 7. The first-order valence-corrected chi connectivity index (χ1v) is 6.57. The van der Waals surface area contributed by atoms with Crippen molar-refractivity contribution in [1.29, 1.82) is 0 Å². The van der Waals surface area contributed by atoms with E-state index in [1.165, 1.54) is 4.88 Å². The van der Waals surface area contributed by atoms with Crippen molar-refractivity contribution in [2.75, 3.05) is 20.3 Å². The normalized spacial score (nSPS) is 12.8. The van der Waals surface area contributed by atoms with Crippen molar-refractivity contribution in [2.24, 2.45) is 7.05 Å². The molecule has 2 heterocycles. The van der Waals surface area contributed by atoms with Crippen LogP contribution >= 0.6 is 11.3 Å². The molecule has 0 radical (unpaired) electrons. The molecule has 0 aromatic carbocycles. The minimum atomic E-state index is -0.0538. The lowest BCUT2D eigenvalue weighted by atomic mass is 10.2. The third-order valence-electron chi connectivity index (χ3n) is 2.54. The summed E-state index contributed by atoms with van der Waals surface area (Å²) < 4.78 is 6.93. The molecule has 2 aromatic rings. The number of hydrogen-bond acceptors (Lipinski definition) is 5. The SMILES string of the molecule is COCCONC(c1cccs1)c1nccn1C. The highest BCUT2D eigenvalue weighted by molar-refractivity contribution is 7.10. The second-order valence-electron chi connectivity index (χ2n) is 3.80. The monoisotopic (exact) mass is 267 g/mol. The second kappa shape index (κ2) is 6.65. The van der Waals surface area contributed by atoms with E-state index in [1.54, 1.807) is 24.6 Å². The van der Waals surface area contributed by atoms with Crippen LogP contribution in [0.4, 0.5) is 0 Å². The van der Waals surface area contributed by atoms with E-state index in [1.807, 2.05) is 29.3 Å². The van der Waals surface area contributed by atoms with Gasteiger partial charge in [-0.1, -0.05) is 6.07 Å². The zero-order valence-corrected chi connectivity index (χ0v) is 11.3. The Labute approximate surface area is 110 Å². The van der Waals surface area contributed by atoms with Gasteiger partial charge in [-0.3, -0.25) is 4.84 Å². The average molecular weight is 267 g/mol. The quantitative estimate of drug-likeness (QED) is 0.613. The van der Waals surface area contributed by atoms with Crippen molar-refractivity contribution in [3.63, 3.8) is 0 Å². The highest BCUT2D eigenvalue weighted by atomic mass is 32.1. The van der Waals surface area contributed by atoms with Gasteiger partial charge in [0.2, 0.25) is 0 Å². The van der Waals surface area contributed by atoms with Gasteiger partial charge in [-0.2, -0.15) is 5.48 Å². The van der Waals surface area contributed by atoms with Gasteiger partial charge in [0, 0.05) is 31.4 Å². The van der Waals surface area contributed by atoms with Crippen LogP contribution < -0.4 is 5.48 Å². The highest BCUT2D eigenvalue weighted by Crippen LogP contribution is 2.24. The Hall–Kier alpha value is -1.21.